The topological polar surface area (TPSA) is 102 Å². The van der Waals surface area contributed by atoms with Crippen LogP contribution < -0.4 is 11.5 Å². The maximum atomic E-state index is 12.6. The van der Waals surface area contributed by atoms with Crippen molar-refractivity contribution in [3.8, 4) is 0 Å². The zero-order chi connectivity index (χ0) is 21.5. The number of benzene rings is 2. The van der Waals surface area contributed by atoms with Crippen molar-refractivity contribution in [2.75, 3.05) is 11.5 Å². The highest BCUT2D eigenvalue weighted by atomic mass is 16.3. The number of anilines is 2. The van der Waals surface area contributed by atoms with E-state index < -0.39 is 0 Å². The minimum absolute atomic E-state index is 0.00876. The summed E-state index contributed by atoms with van der Waals surface area (Å²) in [4.78, 5) is 17.2. The molecule has 0 spiro atoms. The molecule has 0 saturated carbocycles. The van der Waals surface area contributed by atoms with Crippen molar-refractivity contribution < 1.29 is 9.90 Å². The zero-order valence-electron chi connectivity index (χ0n) is 17.6. The fourth-order valence-corrected chi connectivity index (χ4v) is 3.51. The summed E-state index contributed by atoms with van der Waals surface area (Å²) in [6, 6.07) is 7.45. The van der Waals surface area contributed by atoms with Crippen LogP contribution in [0.5, 0.6) is 0 Å². The Labute approximate surface area is 171 Å². The SMILES string of the molecule is CC1=C(Cc2ccc(N)c(C)c2C)C(O)=CC(=O)C1=Nc1ccc(N)c(C)c1C. The number of aliphatic hydroxyl groups excluding tert-OH is 1. The van der Waals surface area contributed by atoms with Crippen LogP contribution in [0.1, 0.15) is 34.7 Å². The Kier molecular flexibility index (Phi) is 5.33. The molecule has 0 bridgehead atoms. The molecular formula is C24H27N3O2. The first-order chi connectivity index (χ1) is 13.6. The first-order valence-electron chi connectivity index (χ1n) is 9.56. The van der Waals surface area contributed by atoms with E-state index in [1.807, 2.05) is 52.8 Å². The molecule has 0 aliphatic heterocycles. The quantitative estimate of drug-likeness (QED) is 0.521. The van der Waals surface area contributed by atoms with E-state index in [-0.39, 0.29) is 11.5 Å². The normalized spacial score (nSPS) is 15.8. The number of ketones is 1. The lowest BCUT2D eigenvalue weighted by atomic mass is 9.88. The smallest absolute Gasteiger partial charge is 0.208 e. The molecule has 5 heteroatoms. The van der Waals surface area contributed by atoms with Gasteiger partial charge in [0.2, 0.25) is 5.78 Å². The average molecular weight is 389 g/mol. The Balaban J connectivity index is 2.09. The molecule has 150 valence electrons. The Morgan fingerprint density at radius 2 is 1.45 bits per heavy atom. The molecule has 5 N–H and O–H groups in total. The van der Waals surface area contributed by atoms with Gasteiger partial charge in [-0.15, -0.1) is 0 Å². The predicted molar refractivity (Wildman–Crippen MR) is 120 cm³/mol. The third-order valence-electron chi connectivity index (χ3n) is 5.96. The predicted octanol–water partition coefficient (Wildman–Crippen LogP) is 4.74. The molecule has 1 aliphatic carbocycles. The number of rotatable bonds is 3. The van der Waals surface area contributed by atoms with E-state index in [1.54, 1.807) is 6.07 Å². The summed E-state index contributed by atoms with van der Waals surface area (Å²) >= 11 is 0. The second-order valence-electron chi connectivity index (χ2n) is 7.62. The van der Waals surface area contributed by atoms with Crippen LogP contribution in [0.3, 0.4) is 0 Å². The van der Waals surface area contributed by atoms with Gasteiger partial charge in [0.05, 0.1) is 5.69 Å². The van der Waals surface area contributed by atoms with Crippen molar-refractivity contribution >= 4 is 28.6 Å². The molecule has 0 radical (unpaired) electrons. The van der Waals surface area contributed by atoms with Crippen LogP contribution in [0.25, 0.3) is 0 Å². The zero-order valence-corrected chi connectivity index (χ0v) is 17.6. The Morgan fingerprint density at radius 3 is 2.10 bits per heavy atom. The highest BCUT2D eigenvalue weighted by Gasteiger charge is 2.25. The molecule has 0 heterocycles. The molecule has 29 heavy (non-hydrogen) atoms. The van der Waals surface area contributed by atoms with Crippen molar-refractivity contribution in [1.29, 1.82) is 0 Å². The second kappa shape index (κ2) is 7.59. The molecular weight excluding hydrogens is 362 g/mol. The molecule has 0 fully saturated rings. The summed E-state index contributed by atoms with van der Waals surface area (Å²) in [6.45, 7) is 9.69. The molecule has 0 saturated heterocycles. The maximum absolute atomic E-state index is 12.6. The Morgan fingerprint density at radius 1 is 0.862 bits per heavy atom. The van der Waals surface area contributed by atoms with Gasteiger partial charge in [0.1, 0.15) is 11.5 Å². The van der Waals surface area contributed by atoms with Gasteiger partial charge in [-0.2, -0.15) is 0 Å². The minimum atomic E-state index is -0.303. The molecule has 2 aromatic carbocycles. The van der Waals surface area contributed by atoms with Gasteiger partial charge in [-0.3, -0.25) is 4.79 Å². The van der Waals surface area contributed by atoms with Crippen LogP contribution in [0, 0.1) is 27.7 Å². The van der Waals surface area contributed by atoms with Crippen molar-refractivity contribution in [1.82, 2.24) is 0 Å². The van der Waals surface area contributed by atoms with Gasteiger partial charge in [-0.1, -0.05) is 6.07 Å². The number of allylic oxidation sites excluding steroid dienone is 3. The summed E-state index contributed by atoms with van der Waals surface area (Å²) < 4.78 is 0. The van der Waals surface area contributed by atoms with Crippen molar-refractivity contribution in [3.05, 3.63) is 75.1 Å². The number of aliphatic imine (C=N–C) groups is 1. The summed E-state index contributed by atoms with van der Waals surface area (Å²) in [5.41, 5.74) is 20.9. The lowest BCUT2D eigenvalue weighted by molar-refractivity contribution is -0.109. The van der Waals surface area contributed by atoms with Gasteiger partial charge in [0, 0.05) is 29.4 Å². The molecule has 0 aromatic heterocycles. The highest BCUT2D eigenvalue weighted by Crippen LogP contribution is 2.31. The number of carbonyl (C=O) groups is 1. The van der Waals surface area contributed by atoms with Crippen LogP contribution in [-0.2, 0) is 11.2 Å². The Hall–Kier alpha value is -3.34. The van der Waals surface area contributed by atoms with Gasteiger partial charge in [0.25, 0.3) is 0 Å². The van der Waals surface area contributed by atoms with Gasteiger partial charge in [-0.25, -0.2) is 4.99 Å². The van der Waals surface area contributed by atoms with E-state index in [0.29, 0.717) is 34.7 Å². The molecule has 1 aliphatic rings. The molecule has 0 unspecified atom stereocenters. The van der Waals surface area contributed by atoms with Crippen LogP contribution >= 0.6 is 0 Å². The number of hydrogen-bond acceptors (Lipinski definition) is 5. The van der Waals surface area contributed by atoms with Crippen LogP contribution in [0.4, 0.5) is 17.1 Å². The van der Waals surface area contributed by atoms with Crippen molar-refractivity contribution in [2.45, 2.75) is 41.0 Å². The number of nitrogen functional groups attached to an aromatic ring is 2. The fraction of sp³-hybridized carbons (Fsp3) is 0.250. The fourth-order valence-electron chi connectivity index (χ4n) is 3.51. The lowest BCUT2D eigenvalue weighted by Crippen LogP contribution is -2.21. The third kappa shape index (κ3) is 3.68. The minimum Gasteiger partial charge on any atom is -0.508 e. The van der Waals surface area contributed by atoms with E-state index in [1.165, 1.54) is 6.08 Å². The molecule has 0 amide bonds. The van der Waals surface area contributed by atoms with E-state index in [9.17, 15) is 9.90 Å². The number of nitrogens with zero attached hydrogens (tertiary/aromatic N) is 1. The number of aliphatic hydroxyl groups is 1. The monoisotopic (exact) mass is 389 g/mol. The Bertz CT molecular complexity index is 1120. The molecule has 5 nitrogen and oxygen atoms in total. The standard InChI is InChI=1S/C24H27N3O2/c1-12-13(2)19(25)7-6-17(12)10-18-16(5)24(23(29)11-22(18)28)27-21-9-8-20(26)14(3)15(21)4/h6-9,11,28H,10,25-26H2,1-5H3. The van der Waals surface area contributed by atoms with Gasteiger partial charge in [-0.05, 0) is 86.2 Å². The summed E-state index contributed by atoms with van der Waals surface area (Å²) in [6.07, 6.45) is 1.74. The third-order valence-corrected chi connectivity index (χ3v) is 5.96. The lowest BCUT2D eigenvalue weighted by Gasteiger charge is -2.19. The second-order valence-corrected chi connectivity index (χ2v) is 7.62. The molecule has 2 aromatic rings. The largest absolute Gasteiger partial charge is 0.508 e. The van der Waals surface area contributed by atoms with Crippen molar-refractivity contribution in [2.24, 2.45) is 4.99 Å². The summed E-state index contributed by atoms with van der Waals surface area (Å²) in [5.74, 6) is -0.312. The van der Waals surface area contributed by atoms with Crippen LogP contribution in [0.15, 0.2) is 52.2 Å². The van der Waals surface area contributed by atoms with Crippen molar-refractivity contribution in [3.63, 3.8) is 0 Å². The highest BCUT2D eigenvalue weighted by molar-refractivity contribution is 6.51. The van der Waals surface area contributed by atoms with E-state index in [0.717, 1.165) is 33.5 Å². The van der Waals surface area contributed by atoms with Gasteiger partial charge >= 0.3 is 0 Å². The number of hydrogen-bond donors (Lipinski definition) is 3. The summed E-state index contributed by atoms with van der Waals surface area (Å²) in [7, 11) is 0. The maximum Gasteiger partial charge on any atom is 0.208 e. The molecule has 3 rings (SSSR count). The average Bonchev–Trinajstić information content (AvgIpc) is 2.67. The number of nitrogens with two attached hydrogens (primary N) is 2. The first-order valence-corrected chi connectivity index (χ1v) is 9.56. The van der Waals surface area contributed by atoms with E-state index >= 15 is 0 Å². The van der Waals surface area contributed by atoms with E-state index in [2.05, 4.69) is 4.99 Å². The van der Waals surface area contributed by atoms with E-state index in [4.69, 9.17) is 11.5 Å². The van der Waals surface area contributed by atoms with Gasteiger partial charge < -0.3 is 16.6 Å². The number of carbonyl (C=O) groups excluding carboxylic acids is 1. The van der Waals surface area contributed by atoms with Gasteiger partial charge in [0.15, 0.2) is 0 Å². The first kappa shape index (κ1) is 20.4. The van der Waals surface area contributed by atoms with Crippen LogP contribution in [0.2, 0.25) is 0 Å². The summed E-state index contributed by atoms with van der Waals surface area (Å²) in [5, 5.41) is 10.5. The molecule has 0 atom stereocenters. The van der Waals surface area contributed by atoms with Crippen LogP contribution in [-0.4, -0.2) is 16.6 Å².